The van der Waals surface area contributed by atoms with Gasteiger partial charge in [-0.2, -0.15) is 0 Å². The molecule has 1 N–H and O–H groups in total. The Balaban J connectivity index is 1.62. The smallest absolute Gasteiger partial charge is 0.296 e. The van der Waals surface area contributed by atoms with E-state index in [2.05, 4.69) is 0 Å². The Morgan fingerprint density at radius 1 is 1.13 bits per heavy atom. The highest BCUT2D eigenvalue weighted by atomic mass is 32.1. The molecule has 1 aliphatic carbocycles. The molecule has 1 fully saturated rings. The molecule has 31 heavy (non-hydrogen) atoms. The van der Waals surface area contributed by atoms with Crippen molar-refractivity contribution in [3.63, 3.8) is 0 Å². The van der Waals surface area contributed by atoms with Crippen LogP contribution in [-0.2, 0) is 29.0 Å². The largest absolute Gasteiger partial charge is 0.507 e. The van der Waals surface area contributed by atoms with Gasteiger partial charge in [0.1, 0.15) is 23.3 Å². The zero-order valence-electron chi connectivity index (χ0n) is 17.3. The predicted molar refractivity (Wildman–Crippen MR) is 119 cm³/mol. The number of aliphatic hydroxyl groups excluding tert-OH is 1. The molecule has 0 radical (unpaired) electrons. The van der Waals surface area contributed by atoms with Crippen molar-refractivity contribution in [2.45, 2.75) is 45.2 Å². The first-order chi connectivity index (χ1) is 15.0. The number of likely N-dealkylation sites (tertiary alicyclic amines) is 1. The molecule has 1 aromatic carbocycles. The lowest BCUT2D eigenvalue weighted by Crippen LogP contribution is -2.28. The number of benzene rings is 1. The Hall–Kier alpha value is -3.12. The third-order valence-electron chi connectivity index (χ3n) is 6.10. The summed E-state index contributed by atoms with van der Waals surface area (Å²) in [6, 6.07) is 12.5. The van der Waals surface area contributed by atoms with Gasteiger partial charge >= 0.3 is 0 Å². The van der Waals surface area contributed by atoms with Crippen molar-refractivity contribution >= 4 is 28.8 Å². The van der Waals surface area contributed by atoms with E-state index < -0.39 is 17.7 Å². The van der Waals surface area contributed by atoms with E-state index in [1.807, 2.05) is 42.6 Å². The van der Waals surface area contributed by atoms with E-state index in [1.165, 1.54) is 33.8 Å². The summed E-state index contributed by atoms with van der Waals surface area (Å²) in [5, 5.41) is 13.2. The van der Waals surface area contributed by atoms with Crippen LogP contribution in [0.2, 0.25) is 0 Å². The van der Waals surface area contributed by atoms with E-state index >= 15 is 0 Å². The van der Waals surface area contributed by atoms with Crippen LogP contribution in [0.15, 0.2) is 57.8 Å². The molecule has 5 rings (SSSR count). The number of hydrogen-bond acceptors (Lipinski definition) is 5. The quantitative estimate of drug-likeness (QED) is 0.351. The zero-order chi connectivity index (χ0) is 21.5. The molecular weight excluding hydrogens is 410 g/mol. The number of carbonyl (C=O) groups excluding carboxylic acids is 2. The van der Waals surface area contributed by atoms with Gasteiger partial charge in [0.25, 0.3) is 11.7 Å². The number of nitrogens with zero attached hydrogens (tertiary/aromatic N) is 1. The normalized spacial score (nSPS) is 20.3. The standard InChI is InChI=1S/C25H23NO4S/c1-15-8-11-20(30-15)22-21(24(28)25(29)26(22)14-19-7-4-12-31-19)23(27)18-10-9-16-5-2-3-6-17(16)13-18/h4,7-13,22,27H,2-3,5-6,14H2,1H3/b23-21-. The predicted octanol–water partition coefficient (Wildman–Crippen LogP) is 5.15. The Morgan fingerprint density at radius 2 is 1.94 bits per heavy atom. The van der Waals surface area contributed by atoms with E-state index in [9.17, 15) is 14.7 Å². The molecule has 6 heteroatoms. The molecule has 5 nitrogen and oxygen atoms in total. The first kappa shape index (κ1) is 19.8. The number of Topliss-reactive ketones (excluding diaryl/α,β-unsaturated/α-hetero) is 1. The van der Waals surface area contributed by atoms with Crippen LogP contribution in [0.3, 0.4) is 0 Å². The minimum absolute atomic E-state index is 0.0895. The number of ketones is 1. The molecule has 158 valence electrons. The third-order valence-corrected chi connectivity index (χ3v) is 6.96. The lowest BCUT2D eigenvalue weighted by molar-refractivity contribution is -0.140. The fourth-order valence-corrected chi connectivity index (χ4v) is 5.25. The summed E-state index contributed by atoms with van der Waals surface area (Å²) in [5.41, 5.74) is 3.15. The maximum absolute atomic E-state index is 13.1. The second-order valence-electron chi connectivity index (χ2n) is 8.15. The molecule has 1 saturated heterocycles. The summed E-state index contributed by atoms with van der Waals surface area (Å²) in [7, 11) is 0. The minimum Gasteiger partial charge on any atom is -0.507 e. The van der Waals surface area contributed by atoms with Crippen molar-refractivity contribution in [2.24, 2.45) is 0 Å². The Morgan fingerprint density at radius 3 is 2.65 bits per heavy atom. The lowest BCUT2D eigenvalue weighted by atomic mass is 9.89. The molecule has 0 spiro atoms. The van der Waals surface area contributed by atoms with Crippen LogP contribution in [0.1, 0.15) is 52.0 Å². The van der Waals surface area contributed by atoms with E-state index in [-0.39, 0.29) is 17.9 Å². The molecule has 3 aromatic rings. The topological polar surface area (TPSA) is 70.8 Å². The highest BCUT2D eigenvalue weighted by Gasteiger charge is 2.47. The van der Waals surface area contributed by atoms with E-state index in [0.717, 1.165) is 24.1 Å². The number of hydrogen-bond donors (Lipinski definition) is 1. The number of aryl methyl sites for hydroxylation is 3. The Bertz CT molecular complexity index is 1190. The highest BCUT2D eigenvalue weighted by Crippen LogP contribution is 2.41. The fraction of sp³-hybridized carbons (Fsp3) is 0.280. The lowest BCUT2D eigenvalue weighted by Gasteiger charge is -2.23. The van der Waals surface area contributed by atoms with Gasteiger partial charge in [-0.15, -0.1) is 11.3 Å². The first-order valence-electron chi connectivity index (χ1n) is 10.5. The van der Waals surface area contributed by atoms with Gasteiger partial charge in [0, 0.05) is 10.4 Å². The molecule has 0 saturated carbocycles. The van der Waals surface area contributed by atoms with Crippen LogP contribution in [0.4, 0.5) is 0 Å². The van der Waals surface area contributed by atoms with Crippen molar-refractivity contribution in [3.05, 3.63) is 86.5 Å². The Kier molecular flexibility index (Phi) is 5.02. The van der Waals surface area contributed by atoms with Crippen LogP contribution in [0.25, 0.3) is 5.76 Å². The molecule has 1 aliphatic heterocycles. The van der Waals surface area contributed by atoms with Crippen LogP contribution >= 0.6 is 11.3 Å². The first-order valence-corrected chi connectivity index (χ1v) is 11.4. The van der Waals surface area contributed by atoms with Crippen LogP contribution in [0, 0.1) is 6.92 Å². The van der Waals surface area contributed by atoms with Gasteiger partial charge in [-0.3, -0.25) is 9.59 Å². The minimum atomic E-state index is -0.758. The molecular formula is C25H23NO4S. The average molecular weight is 434 g/mol. The maximum Gasteiger partial charge on any atom is 0.296 e. The SMILES string of the molecule is Cc1ccc(C2/C(=C(/O)c3ccc4c(c3)CCCC4)C(=O)C(=O)N2Cc2cccs2)o1. The van der Waals surface area contributed by atoms with Crippen molar-refractivity contribution in [3.8, 4) is 0 Å². The van der Waals surface area contributed by atoms with Crippen molar-refractivity contribution in [2.75, 3.05) is 0 Å². The zero-order valence-corrected chi connectivity index (χ0v) is 18.1. The molecule has 1 unspecified atom stereocenters. The number of furan rings is 1. The number of rotatable bonds is 4. The van der Waals surface area contributed by atoms with Crippen LogP contribution in [-0.4, -0.2) is 21.7 Å². The van der Waals surface area contributed by atoms with Gasteiger partial charge in [-0.1, -0.05) is 18.2 Å². The Labute approximate surface area is 184 Å². The number of fused-ring (bicyclic) bond motifs is 1. The van der Waals surface area contributed by atoms with Gasteiger partial charge in [0.15, 0.2) is 0 Å². The van der Waals surface area contributed by atoms with Crippen LogP contribution in [0.5, 0.6) is 0 Å². The molecule has 2 aliphatic rings. The third kappa shape index (κ3) is 3.51. The van der Waals surface area contributed by atoms with Gasteiger partial charge in [0.05, 0.1) is 12.1 Å². The molecule has 2 aromatic heterocycles. The fourth-order valence-electron chi connectivity index (χ4n) is 4.55. The van der Waals surface area contributed by atoms with Gasteiger partial charge in [-0.25, -0.2) is 0 Å². The summed E-state index contributed by atoms with van der Waals surface area (Å²) in [6.45, 7) is 2.10. The summed E-state index contributed by atoms with van der Waals surface area (Å²) in [6.07, 6.45) is 4.29. The number of amides is 1. The van der Waals surface area contributed by atoms with Crippen molar-refractivity contribution < 1.29 is 19.1 Å². The molecule has 0 bridgehead atoms. The summed E-state index contributed by atoms with van der Waals surface area (Å²) >= 11 is 1.52. The second kappa shape index (κ2) is 7.85. The van der Waals surface area contributed by atoms with Crippen molar-refractivity contribution in [1.29, 1.82) is 0 Å². The number of carbonyl (C=O) groups is 2. The number of aliphatic hydroxyl groups is 1. The van der Waals surface area contributed by atoms with E-state index in [4.69, 9.17) is 4.42 Å². The van der Waals surface area contributed by atoms with Gasteiger partial charge in [-0.05, 0) is 73.4 Å². The summed E-state index contributed by atoms with van der Waals surface area (Å²) < 4.78 is 5.83. The molecule has 3 heterocycles. The van der Waals surface area contributed by atoms with Gasteiger partial charge in [0.2, 0.25) is 0 Å². The summed E-state index contributed by atoms with van der Waals surface area (Å²) in [5.74, 6) is -0.268. The molecule has 1 amide bonds. The number of thiophene rings is 1. The van der Waals surface area contributed by atoms with Crippen LogP contribution < -0.4 is 0 Å². The van der Waals surface area contributed by atoms with E-state index in [0.29, 0.717) is 17.1 Å². The van der Waals surface area contributed by atoms with Gasteiger partial charge < -0.3 is 14.4 Å². The van der Waals surface area contributed by atoms with Crippen molar-refractivity contribution in [1.82, 2.24) is 4.90 Å². The van der Waals surface area contributed by atoms with E-state index in [1.54, 1.807) is 12.1 Å². The average Bonchev–Trinajstić information content (AvgIpc) is 3.50. The highest BCUT2D eigenvalue weighted by molar-refractivity contribution is 7.09. The second-order valence-corrected chi connectivity index (χ2v) is 9.18. The molecule has 1 atom stereocenters. The monoisotopic (exact) mass is 433 g/mol. The maximum atomic E-state index is 13.1. The summed E-state index contributed by atoms with van der Waals surface area (Å²) in [4.78, 5) is 28.5.